The van der Waals surface area contributed by atoms with Gasteiger partial charge in [0.15, 0.2) is 0 Å². The predicted molar refractivity (Wildman–Crippen MR) is 82.1 cm³/mol. The molecule has 22 heavy (non-hydrogen) atoms. The number of carbonyl (C=O) groups is 1. The fourth-order valence-electron chi connectivity index (χ4n) is 2.54. The zero-order chi connectivity index (χ0) is 15.4. The summed E-state index contributed by atoms with van der Waals surface area (Å²) in [5, 5.41) is 7.28. The van der Waals surface area contributed by atoms with E-state index in [1.807, 2.05) is 42.6 Å². The number of rotatable bonds is 4. The number of aromatic nitrogens is 2. The first-order valence-corrected chi connectivity index (χ1v) is 7.48. The van der Waals surface area contributed by atoms with Crippen molar-refractivity contribution in [3.05, 3.63) is 42.6 Å². The van der Waals surface area contributed by atoms with E-state index in [-0.39, 0.29) is 12.6 Å². The van der Waals surface area contributed by atoms with Crippen LogP contribution in [0.4, 0.5) is 9.18 Å². The lowest BCUT2D eigenvalue weighted by molar-refractivity contribution is 0.204. The topological polar surface area (TPSA) is 50.2 Å². The molecule has 1 N–H and O–H groups in total. The van der Waals surface area contributed by atoms with E-state index >= 15 is 0 Å². The molecule has 116 valence electrons. The van der Waals surface area contributed by atoms with Gasteiger partial charge in [-0.15, -0.1) is 0 Å². The van der Waals surface area contributed by atoms with Gasteiger partial charge in [-0.3, -0.25) is 4.68 Å². The van der Waals surface area contributed by atoms with E-state index < -0.39 is 6.17 Å². The highest BCUT2D eigenvalue weighted by Crippen LogP contribution is 2.15. The zero-order valence-electron chi connectivity index (χ0n) is 12.3. The molecular formula is C16H19FN4O. The summed E-state index contributed by atoms with van der Waals surface area (Å²) < 4.78 is 14.8. The molecule has 6 heteroatoms. The smallest absolute Gasteiger partial charge is 0.317 e. The fraction of sp³-hybridized carbons (Fsp3) is 0.375. The third-order valence-corrected chi connectivity index (χ3v) is 3.75. The summed E-state index contributed by atoms with van der Waals surface area (Å²) in [6.45, 7) is 1.76. The first-order valence-electron chi connectivity index (χ1n) is 7.48. The Kier molecular flexibility index (Phi) is 4.37. The largest absolute Gasteiger partial charge is 0.336 e. The quantitative estimate of drug-likeness (QED) is 0.942. The Morgan fingerprint density at radius 2 is 2.14 bits per heavy atom. The maximum absolute atomic E-state index is 13.0. The minimum atomic E-state index is -0.884. The average molecular weight is 302 g/mol. The lowest BCUT2D eigenvalue weighted by Crippen LogP contribution is -2.40. The van der Waals surface area contributed by atoms with Crippen LogP contribution in [0.2, 0.25) is 0 Å². The van der Waals surface area contributed by atoms with Crippen LogP contribution in [0.5, 0.6) is 0 Å². The van der Waals surface area contributed by atoms with Gasteiger partial charge in [-0.25, -0.2) is 9.18 Å². The van der Waals surface area contributed by atoms with Crippen molar-refractivity contribution in [3.8, 4) is 11.3 Å². The SMILES string of the molecule is O=C(NCCn1ccc(-c2ccccc2)n1)N1CC[C@H](F)C1. The summed E-state index contributed by atoms with van der Waals surface area (Å²) in [5.41, 5.74) is 1.98. The van der Waals surface area contributed by atoms with E-state index in [2.05, 4.69) is 10.4 Å². The summed E-state index contributed by atoms with van der Waals surface area (Å²) in [5.74, 6) is 0. The van der Waals surface area contributed by atoms with Gasteiger partial charge in [0.2, 0.25) is 0 Å². The number of amides is 2. The van der Waals surface area contributed by atoms with E-state index in [1.165, 1.54) is 4.90 Å². The molecule has 0 unspecified atom stereocenters. The molecule has 1 aromatic carbocycles. The molecule has 0 bridgehead atoms. The highest BCUT2D eigenvalue weighted by Gasteiger charge is 2.25. The Morgan fingerprint density at radius 1 is 1.32 bits per heavy atom. The number of hydrogen-bond acceptors (Lipinski definition) is 2. The highest BCUT2D eigenvalue weighted by molar-refractivity contribution is 5.74. The average Bonchev–Trinajstić information content (AvgIpc) is 3.17. The summed E-state index contributed by atoms with van der Waals surface area (Å²) in [6.07, 6.45) is 1.44. The van der Waals surface area contributed by atoms with Crippen molar-refractivity contribution in [3.63, 3.8) is 0 Å². The lowest BCUT2D eigenvalue weighted by atomic mass is 10.2. The van der Waals surface area contributed by atoms with Crippen molar-refractivity contribution in [2.24, 2.45) is 0 Å². The van der Waals surface area contributed by atoms with Crippen LogP contribution in [0.25, 0.3) is 11.3 Å². The monoisotopic (exact) mass is 302 g/mol. The number of nitrogens with one attached hydrogen (secondary N) is 1. The molecule has 1 fully saturated rings. The highest BCUT2D eigenvalue weighted by atomic mass is 19.1. The summed E-state index contributed by atoms with van der Waals surface area (Å²) in [4.78, 5) is 13.3. The molecule has 2 aromatic rings. The van der Waals surface area contributed by atoms with E-state index in [0.717, 1.165) is 11.3 Å². The van der Waals surface area contributed by atoms with Crippen molar-refractivity contribution in [2.45, 2.75) is 19.1 Å². The van der Waals surface area contributed by atoms with Gasteiger partial charge in [-0.05, 0) is 12.5 Å². The molecule has 1 aliphatic rings. The second-order valence-corrected chi connectivity index (χ2v) is 5.39. The molecule has 1 atom stereocenters. The number of likely N-dealkylation sites (tertiary alicyclic amines) is 1. The van der Waals surface area contributed by atoms with Crippen LogP contribution in [0, 0.1) is 0 Å². The number of benzene rings is 1. The molecule has 0 aliphatic carbocycles. The van der Waals surface area contributed by atoms with Gasteiger partial charge in [0, 0.05) is 24.8 Å². The van der Waals surface area contributed by atoms with Crippen LogP contribution < -0.4 is 5.32 Å². The molecule has 0 spiro atoms. The zero-order valence-corrected chi connectivity index (χ0v) is 12.3. The minimum Gasteiger partial charge on any atom is -0.336 e. The Bertz CT molecular complexity index is 628. The van der Waals surface area contributed by atoms with Gasteiger partial charge >= 0.3 is 6.03 Å². The van der Waals surface area contributed by atoms with Crippen LogP contribution in [-0.4, -0.2) is 46.5 Å². The second-order valence-electron chi connectivity index (χ2n) is 5.39. The molecule has 2 heterocycles. The van der Waals surface area contributed by atoms with Crippen LogP contribution in [0.3, 0.4) is 0 Å². The number of halogens is 1. The van der Waals surface area contributed by atoms with E-state index in [0.29, 0.717) is 26.1 Å². The molecule has 1 aliphatic heterocycles. The van der Waals surface area contributed by atoms with Gasteiger partial charge < -0.3 is 10.2 Å². The Balaban J connectivity index is 1.48. The maximum atomic E-state index is 13.0. The van der Waals surface area contributed by atoms with Gasteiger partial charge in [-0.2, -0.15) is 5.10 Å². The maximum Gasteiger partial charge on any atom is 0.317 e. The number of carbonyl (C=O) groups excluding carboxylic acids is 1. The van der Waals surface area contributed by atoms with Gasteiger partial charge in [0.05, 0.1) is 18.8 Å². The van der Waals surface area contributed by atoms with Crippen LogP contribution >= 0.6 is 0 Å². The van der Waals surface area contributed by atoms with Crippen LogP contribution in [-0.2, 0) is 6.54 Å². The molecular weight excluding hydrogens is 283 g/mol. The Labute approximate surface area is 128 Å². The standard InChI is InChI=1S/C16H19FN4O/c17-14-6-9-20(12-14)16(22)18-8-11-21-10-7-15(19-21)13-4-2-1-3-5-13/h1-5,7,10,14H,6,8-9,11-12H2,(H,18,22)/t14-/m0/s1. The van der Waals surface area contributed by atoms with Gasteiger partial charge in [0.25, 0.3) is 0 Å². The van der Waals surface area contributed by atoms with Crippen molar-refractivity contribution < 1.29 is 9.18 Å². The fourth-order valence-corrected chi connectivity index (χ4v) is 2.54. The Morgan fingerprint density at radius 3 is 2.86 bits per heavy atom. The molecule has 0 saturated carbocycles. The summed E-state index contributed by atoms with van der Waals surface area (Å²) in [7, 11) is 0. The summed E-state index contributed by atoms with van der Waals surface area (Å²) in [6, 6.07) is 11.7. The van der Waals surface area contributed by atoms with Crippen molar-refractivity contribution >= 4 is 6.03 Å². The summed E-state index contributed by atoms with van der Waals surface area (Å²) >= 11 is 0. The molecule has 1 aromatic heterocycles. The minimum absolute atomic E-state index is 0.199. The second kappa shape index (κ2) is 6.60. The first-order chi connectivity index (χ1) is 10.7. The predicted octanol–water partition coefficient (Wildman–Crippen LogP) is 2.30. The van der Waals surface area contributed by atoms with E-state index in [9.17, 15) is 9.18 Å². The molecule has 0 radical (unpaired) electrons. The van der Waals surface area contributed by atoms with E-state index in [4.69, 9.17) is 0 Å². The van der Waals surface area contributed by atoms with Gasteiger partial charge in [-0.1, -0.05) is 30.3 Å². The number of alkyl halides is 1. The molecule has 1 saturated heterocycles. The van der Waals surface area contributed by atoms with Crippen LogP contribution in [0.1, 0.15) is 6.42 Å². The van der Waals surface area contributed by atoms with Gasteiger partial charge in [0.1, 0.15) is 6.17 Å². The number of nitrogens with zero attached hydrogens (tertiary/aromatic N) is 3. The first kappa shape index (κ1) is 14.6. The van der Waals surface area contributed by atoms with Crippen molar-refractivity contribution in [2.75, 3.05) is 19.6 Å². The molecule has 3 rings (SSSR count). The molecule has 2 amide bonds. The van der Waals surface area contributed by atoms with Crippen molar-refractivity contribution in [1.82, 2.24) is 20.0 Å². The van der Waals surface area contributed by atoms with Crippen LogP contribution in [0.15, 0.2) is 42.6 Å². The Hall–Kier alpha value is -2.37. The van der Waals surface area contributed by atoms with Crippen molar-refractivity contribution in [1.29, 1.82) is 0 Å². The lowest BCUT2D eigenvalue weighted by Gasteiger charge is -2.16. The normalized spacial score (nSPS) is 17.7. The molecule has 5 nitrogen and oxygen atoms in total. The van der Waals surface area contributed by atoms with E-state index in [1.54, 1.807) is 4.68 Å². The number of urea groups is 1. The third kappa shape index (κ3) is 3.44. The number of hydrogen-bond donors (Lipinski definition) is 1. The third-order valence-electron chi connectivity index (χ3n) is 3.75.